The molecule has 0 spiro atoms. The average Bonchev–Trinajstić information content (AvgIpc) is 2.97. The number of carbonyl (C=O) groups excluding carboxylic acids is 1. The number of thioether (sulfide) groups is 1. The molecule has 0 N–H and O–H groups in total. The van der Waals surface area contributed by atoms with Gasteiger partial charge in [0.15, 0.2) is 0 Å². The van der Waals surface area contributed by atoms with Crippen molar-refractivity contribution < 1.29 is 4.79 Å². The molecule has 0 aliphatic carbocycles. The lowest BCUT2D eigenvalue weighted by Gasteiger charge is -2.29. The van der Waals surface area contributed by atoms with Gasteiger partial charge in [-0.15, -0.1) is 11.8 Å². The first-order valence-electron chi connectivity index (χ1n) is 8.57. The van der Waals surface area contributed by atoms with E-state index in [1.165, 1.54) is 23.1 Å². The Morgan fingerprint density at radius 1 is 1.36 bits per heavy atom. The van der Waals surface area contributed by atoms with E-state index in [1.807, 2.05) is 11.8 Å². The highest BCUT2D eigenvalue weighted by Crippen LogP contribution is 2.40. The minimum Gasteiger partial charge on any atom is -0.325 e. The summed E-state index contributed by atoms with van der Waals surface area (Å²) in [6.07, 6.45) is 4.31. The van der Waals surface area contributed by atoms with Crippen LogP contribution in [0.5, 0.6) is 0 Å². The number of carbonyl (C=O) groups is 1. The number of benzene rings is 1. The van der Waals surface area contributed by atoms with Crippen molar-refractivity contribution in [3.63, 3.8) is 0 Å². The molecule has 2 atom stereocenters. The third-order valence-electron chi connectivity index (χ3n) is 4.61. The Bertz CT molecular complexity index is 514. The highest BCUT2D eigenvalue weighted by atomic mass is 32.2. The number of rotatable bonds is 6. The minimum absolute atomic E-state index is 0.201. The molecule has 1 aromatic rings. The third kappa shape index (κ3) is 3.87. The number of unbranched alkanes of at least 4 members (excludes halogenated alkanes) is 1. The summed E-state index contributed by atoms with van der Waals surface area (Å²) in [4.78, 5) is 15.1. The van der Waals surface area contributed by atoms with Crippen LogP contribution in [0.25, 0.3) is 0 Å². The van der Waals surface area contributed by atoms with Gasteiger partial charge in [0.25, 0.3) is 0 Å². The predicted molar refractivity (Wildman–Crippen MR) is 96.1 cm³/mol. The lowest BCUT2D eigenvalue weighted by molar-refractivity contribution is -0.136. The van der Waals surface area contributed by atoms with Crippen molar-refractivity contribution in [2.45, 2.75) is 58.8 Å². The van der Waals surface area contributed by atoms with Gasteiger partial charge >= 0.3 is 0 Å². The molecule has 1 heterocycles. The summed E-state index contributed by atoms with van der Waals surface area (Å²) in [7, 11) is 0. The van der Waals surface area contributed by atoms with Crippen LogP contribution in [-0.2, 0) is 4.79 Å². The molecule has 3 heteroatoms. The Balaban J connectivity index is 2.17. The van der Waals surface area contributed by atoms with E-state index in [0.717, 1.165) is 31.6 Å². The summed E-state index contributed by atoms with van der Waals surface area (Å²) in [5.74, 6) is 1.62. The van der Waals surface area contributed by atoms with Gasteiger partial charge in [0, 0.05) is 18.2 Å². The zero-order valence-corrected chi connectivity index (χ0v) is 15.2. The zero-order valence-electron chi connectivity index (χ0n) is 14.4. The monoisotopic (exact) mass is 319 g/mol. The van der Waals surface area contributed by atoms with Crippen molar-refractivity contribution in [2.75, 3.05) is 12.3 Å². The number of aryl methyl sites for hydroxylation is 2. The molecule has 1 amide bonds. The topological polar surface area (TPSA) is 20.3 Å². The van der Waals surface area contributed by atoms with Gasteiger partial charge in [-0.05, 0) is 37.8 Å². The second kappa shape index (κ2) is 8.05. The van der Waals surface area contributed by atoms with Gasteiger partial charge < -0.3 is 4.90 Å². The maximum atomic E-state index is 13.0. The fraction of sp³-hybridized carbons (Fsp3) is 0.632. The maximum Gasteiger partial charge on any atom is 0.226 e. The van der Waals surface area contributed by atoms with Gasteiger partial charge in [-0.1, -0.05) is 50.5 Å². The molecule has 122 valence electrons. The van der Waals surface area contributed by atoms with Crippen LogP contribution in [0.15, 0.2) is 18.2 Å². The summed E-state index contributed by atoms with van der Waals surface area (Å²) >= 11 is 1.91. The standard InChI is InChI=1S/C19H29NOS/c1-5-7-8-16(6-2)18(21)20-11-12-22-19(20)17-10-9-14(3)13-15(17)4/h9-10,13,16,19H,5-8,11-12H2,1-4H3. The summed E-state index contributed by atoms with van der Waals surface area (Å²) < 4.78 is 0. The van der Waals surface area contributed by atoms with Crippen LogP contribution < -0.4 is 0 Å². The van der Waals surface area contributed by atoms with Gasteiger partial charge in [-0.2, -0.15) is 0 Å². The molecule has 0 bridgehead atoms. The van der Waals surface area contributed by atoms with Crippen LogP contribution in [0.4, 0.5) is 0 Å². The van der Waals surface area contributed by atoms with E-state index in [9.17, 15) is 4.79 Å². The lowest BCUT2D eigenvalue weighted by atomic mass is 9.97. The van der Waals surface area contributed by atoms with E-state index in [1.54, 1.807) is 0 Å². The Morgan fingerprint density at radius 3 is 2.77 bits per heavy atom. The van der Waals surface area contributed by atoms with Crippen LogP contribution in [0.1, 0.15) is 61.6 Å². The van der Waals surface area contributed by atoms with Crippen molar-refractivity contribution in [1.29, 1.82) is 0 Å². The molecule has 1 fully saturated rings. The van der Waals surface area contributed by atoms with Crippen molar-refractivity contribution in [3.05, 3.63) is 34.9 Å². The normalized spacial score (nSPS) is 19.5. The van der Waals surface area contributed by atoms with Gasteiger partial charge in [-0.25, -0.2) is 0 Å². The van der Waals surface area contributed by atoms with Crippen molar-refractivity contribution in [3.8, 4) is 0 Å². The average molecular weight is 320 g/mol. The lowest BCUT2D eigenvalue weighted by Crippen LogP contribution is -2.35. The highest BCUT2D eigenvalue weighted by molar-refractivity contribution is 7.99. The number of nitrogens with zero attached hydrogens (tertiary/aromatic N) is 1. The minimum atomic E-state index is 0.201. The molecule has 0 saturated carbocycles. The van der Waals surface area contributed by atoms with Crippen molar-refractivity contribution in [1.82, 2.24) is 4.90 Å². The number of amides is 1. The van der Waals surface area contributed by atoms with Gasteiger partial charge in [0.1, 0.15) is 5.37 Å². The van der Waals surface area contributed by atoms with E-state index >= 15 is 0 Å². The number of hydrogen-bond donors (Lipinski definition) is 0. The molecule has 0 radical (unpaired) electrons. The maximum absolute atomic E-state index is 13.0. The molecule has 2 rings (SSSR count). The summed E-state index contributed by atoms with van der Waals surface area (Å²) in [6.45, 7) is 9.52. The second-order valence-electron chi connectivity index (χ2n) is 6.36. The summed E-state index contributed by atoms with van der Waals surface area (Å²) in [5.41, 5.74) is 3.90. The van der Waals surface area contributed by atoms with Gasteiger partial charge in [0.2, 0.25) is 5.91 Å². The van der Waals surface area contributed by atoms with Crippen LogP contribution >= 0.6 is 11.8 Å². The molecular weight excluding hydrogens is 290 g/mol. The zero-order chi connectivity index (χ0) is 16.1. The Kier molecular flexibility index (Phi) is 6.37. The quantitative estimate of drug-likeness (QED) is 0.727. The van der Waals surface area contributed by atoms with E-state index in [2.05, 4.69) is 50.8 Å². The first-order chi connectivity index (χ1) is 10.6. The Labute approximate surface area is 139 Å². The molecule has 0 aromatic heterocycles. The largest absolute Gasteiger partial charge is 0.325 e. The molecule has 22 heavy (non-hydrogen) atoms. The number of hydrogen-bond acceptors (Lipinski definition) is 2. The Morgan fingerprint density at radius 2 is 2.14 bits per heavy atom. The molecule has 1 saturated heterocycles. The van der Waals surface area contributed by atoms with Gasteiger partial charge in [-0.3, -0.25) is 4.79 Å². The summed E-state index contributed by atoms with van der Waals surface area (Å²) in [6, 6.07) is 6.60. The van der Waals surface area contributed by atoms with Crippen LogP contribution in [0.3, 0.4) is 0 Å². The molecular formula is C19H29NOS. The van der Waals surface area contributed by atoms with E-state index in [0.29, 0.717) is 5.91 Å². The van der Waals surface area contributed by atoms with Crippen LogP contribution in [0.2, 0.25) is 0 Å². The Hall–Kier alpha value is -0.960. The molecule has 1 aliphatic rings. The van der Waals surface area contributed by atoms with Crippen LogP contribution in [-0.4, -0.2) is 23.1 Å². The first-order valence-corrected chi connectivity index (χ1v) is 9.62. The molecule has 1 aliphatic heterocycles. The molecule has 2 unspecified atom stereocenters. The van der Waals surface area contributed by atoms with E-state index < -0.39 is 0 Å². The third-order valence-corrected chi connectivity index (χ3v) is 5.86. The van der Waals surface area contributed by atoms with Gasteiger partial charge in [0.05, 0.1) is 0 Å². The fourth-order valence-electron chi connectivity index (χ4n) is 3.24. The molecule has 1 aromatic carbocycles. The van der Waals surface area contributed by atoms with E-state index in [4.69, 9.17) is 0 Å². The van der Waals surface area contributed by atoms with Crippen LogP contribution in [0, 0.1) is 19.8 Å². The highest BCUT2D eigenvalue weighted by Gasteiger charge is 2.34. The predicted octanol–water partition coefficient (Wildman–Crippen LogP) is 5.09. The van der Waals surface area contributed by atoms with E-state index in [-0.39, 0.29) is 11.3 Å². The fourth-order valence-corrected chi connectivity index (χ4v) is 4.60. The molecule has 2 nitrogen and oxygen atoms in total. The van der Waals surface area contributed by atoms with Crippen molar-refractivity contribution in [2.24, 2.45) is 5.92 Å². The van der Waals surface area contributed by atoms with Crippen molar-refractivity contribution >= 4 is 17.7 Å². The second-order valence-corrected chi connectivity index (χ2v) is 7.55. The first kappa shape index (κ1) is 17.4. The SMILES string of the molecule is CCCCC(CC)C(=O)N1CCSC1c1ccc(C)cc1C. The summed E-state index contributed by atoms with van der Waals surface area (Å²) in [5, 5.41) is 0.212. The smallest absolute Gasteiger partial charge is 0.226 e.